The largest absolute Gasteiger partial charge is 0.374 e. The zero-order valence-electron chi connectivity index (χ0n) is 14.9. The molecule has 0 amide bonds. The lowest BCUT2D eigenvalue weighted by molar-refractivity contribution is -0.0499. The van der Waals surface area contributed by atoms with Gasteiger partial charge in [-0.15, -0.1) is 0 Å². The molecule has 0 aromatic carbocycles. The highest BCUT2D eigenvalue weighted by Gasteiger charge is 2.28. The Hall–Kier alpha value is -0.120. The summed E-state index contributed by atoms with van der Waals surface area (Å²) in [7, 11) is 0. The summed E-state index contributed by atoms with van der Waals surface area (Å²) in [5.74, 6) is 0.846. The third-order valence-electron chi connectivity index (χ3n) is 4.76. The zero-order chi connectivity index (χ0) is 15.5. The standard InChI is InChI=1S/C18H38N2O/c1-5-9-10-16(7-3)14-17(19-8-4)18-15-20(11-6-2)12-13-21-18/h16-19H,5-15H2,1-4H3. The minimum atomic E-state index is 0.376. The third kappa shape index (κ3) is 7.12. The lowest BCUT2D eigenvalue weighted by Gasteiger charge is -2.38. The fraction of sp³-hybridized carbons (Fsp3) is 1.00. The molecule has 1 N–H and O–H groups in total. The normalized spacial score (nSPS) is 23.1. The smallest absolute Gasteiger partial charge is 0.0855 e. The third-order valence-corrected chi connectivity index (χ3v) is 4.76. The Labute approximate surface area is 132 Å². The number of ether oxygens (including phenoxy) is 1. The van der Waals surface area contributed by atoms with Crippen LogP contribution in [0.5, 0.6) is 0 Å². The maximum Gasteiger partial charge on any atom is 0.0855 e. The van der Waals surface area contributed by atoms with Crippen LogP contribution in [0, 0.1) is 5.92 Å². The summed E-state index contributed by atoms with van der Waals surface area (Å²) < 4.78 is 6.11. The first-order chi connectivity index (χ1) is 10.2. The summed E-state index contributed by atoms with van der Waals surface area (Å²) in [5.41, 5.74) is 0. The maximum absolute atomic E-state index is 6.11. The maximum atomic E-state index is 6.11. The highest BCUT2D eigenvalue weighted by atomic mass is 16.5. The van der Waals surface area contributed by atoms with E-state index in [-0.39, 0.29) is 0 Å². The predicted molar refractivity (Wildman–Crippen MR) is 91.9 cm³/mol. The average Bonchev–Trinajstić information content (AvgIpc) is 2.51. The summed E-state index contributed by atoms with van der Waals surface area (Å²) in [6.45, 7) is 14.5. The van der Waals surface area contributed by atoms with Crippen molar-refractivity contribution >= 4 is 0 Å². The SMILES string of the molecule is CCCCC(CC)CC(NCC)C1CN(CCC)CCO1. The van der Waals surface area contributed by atoms with Crippen molar-refractivity contribution in [3.8, 4) is 0 Å². The molecule has 126 valence electrons. The van der Waals surface area contributed by atoms with Gasteiger partial charge in [0.15, 0.2) is 0 Å². The quantitative estimate of drug-likeness (QED) is 0.630. The molecular weight excluding hydrogens is 260 g/mol. The van der Waals surface area contributed by atoms with Crippen molar-refractivity contribution in [1.29, 1.82) is 0 Å². The Balaban J connectivity index is 2.53. The summed E-state index contributed by atoms with van der Waals surface area (Å²) in [6.07, 6.45) is 8.24. The van der Waals surface area contributed by atoms with E-state index in [4.69, 9.17) is 4.74 Å². The van der Waals surface area contributed by atoms with Gasteiger partial charge >= 0.3 is 0 Å². The van der Waals surface area contributed by atoms with Gasteiger partial charge in [-0.2, -0.15) is 0 Å². The number of nitrogens with zero attached hydrogens (tertiary/aromatic N) is 1. The molecule has 1 heterocycles. The zero-order valence-corrected chi connectivity index (χ0v) is 14.9. The summed E-state index contributed by atoms with van der Waals surface area (Å²) in [6, 6.07) is 0.525. The van der Waals surface area contributed by atoms with Crippen molar-refractivity contribution in [2.75, 3.05) is 32.8 Å². The lowest BCUT2D eigenvalue weighted by Crippen LogP contribution is -2.52. The monoisotopic (exact) mass is 298 g/mol. The number of hydrogen-bond acceptors (Lipinski definition) is 3. The molecule has 1 saturated heterocycles. The van der Waals surface area contributed by atoms with Crippen LogP contribution in [0.4, 0.5) is 0 Å². The molecule has 3 unspecified atom stereocenters. The van der Waals surface area contributed by atoms with Crippen LogP contribution < -0.4 is 5.32 Å². The van der Waals surface area contributed by atoms with E-state index in [0.717, 1.165) is 32.2 Å². The van der Waals surface area contributed by atoms with Crippen LogP contribution in [0.1, 0.15) is 66.2 Å². The van der Waals surface area contributed by atoms with Crippen LogP contribution in [0.15, 0.2) is 0 Å². The second-order valence-corrected chi connectivity index (χ2v) is 6.53. The van der Waals surface area contributed by atoms with E-state index in [0.29, 0.717) is 12.1 Å². The van der Waals surface area contributed by atoms with Crippen molar-refractivity contribution < 1.29 is 4.74 Å². The van der Waals surface area contributed by atoms with Gasteiger partial charge in [0.05, 0.1) is 12.7 Å². The molecule has 0 bridgehead atoms. The second kappa shape index (κ2) is 11.4. The van der Waals surface area contributed by atoms with Gasteiger partial charge in [-0.25, -0.2) is 0 Å². The van der Waals surface area contributed by atoms with Crippen molar-refractivity contribution in [2.24, 2.45) is 5.92 Å². The van der Waals surface area contributed by atoms with Gasteiger partial charge in [0.25, 0.3) is 0 Å². The molecule has 21 heavy (non-hydrogen) atoms. The van der Waals surface area contributed by atoms with E-state index < -0.39 is 0 Å². The molecule has 0 aliphatic carbocycles. The highest BCUT2D eigenvalue weighted by molar-refractivity contribution is 4.84. The van der Waals surface area contributed by atoms with Crippen molar-refractivity contribution in [3.05, 3.63) is 0 Å². The fourth-order valence-corrected chi connectivity index (χ4v) is 3.46. The van der Waals surface area contributed by atoms with E-state index in [2.05, 4.69) is 37.9 Å². The Kier molecular flexibility index (Phi) is 10.3. The van der Waals surface area contributed by atoms with Crippen molar-refractivity contribution in [3.63, 3.8) is 0 Å². The number of nitrogens with one attached hydrogen (secondary N) is 1. The van der Waals surface area contributed by atoms with Gasteiger partial charge in [-0.3, -0.25) is 4.90 Å². The van der Waals surface area contributed by atoms with Crippen LogP contribution in [-0.2, 0) is 4.74 Å². The molecule has 1 aliphatic rings. The molecule has 0 saturated carbocycles. The molecule has 1 rings (SSSR count). The van der Waals surface area contributed by atoms with Crippen LogP contribution in [0.2, 0.25) is 0 Å². The minimum Gasteiger partial charge on any atom is -0.374 e. The van der Waals surface area contributed by atoms with Gasteiger partial charge in [0.1, 0.15) is 0 Å². The first-order valence-corrected chi connectivity index (χ1v) is 9.32. The minimum absolute atomic E-state index is 0.376. The summed E-state index contributed by atoms with van der Waals surface area (Å²) in [5, 5.41) is 3.70. The summed E-state index contributed by atoms with van der Waals surface area (Å²) in [4.78, 5) is 2.57. The molecule has 1 fully saturated rings. The second-order valence-electron chi connectivity index (χ2n) is 6.53. The van der Waals surface area contributed by atoms with Gasteiger partial charge in [0, 0.05) is 19.1 Å². The Bertz CT molecular complexity index is 245. The molecule has 0 radical (unpaired) electrons. The first kappa shape index (κ1) is 18.9. The molecule has 0 spiro atoms. The van der Waals surface area contributed by atoms with Crippen LogP contribution in [0.25, 0.3) is 0 Å². The van der Waals surface area contributed by atoms with E-state index in [1.54, 1.807) is 0 Å². The van der Waals surface area contributed by atoms with Gasteiger partial charge in [-0.05, 0) is 31.8 Å². The lowest BCUT2D eigenvalue weighted by atomic mass is 9.89. The van der Waals surface area contributed by atoms with E-state index >= 15 is 0 Å². The Morgan fingerprint density at radius 1 is 1.19 bits per heavy atom. The van der Waals surface area contributed by atoms with Crippen LogP contribution in [-0.4, -0.2) is 49.8 Å². The number of unbranched alkanes of at least 4 members (excludes halogenated alkanes) is 1. The predicted octanol–water partition coefficient (Wildman–Crippen LogP) is 3.68. The molecule has 3 nitrogen and oxygen atoms in total. The van der Waals surface area contributed by atoms with E-state index in [9.17, 15) is 0 Å². The topological polar surface area (TPSA) is 24.5 Å². The average molecular weight is 299 g/mol. The van der Waals surface area contributed by atoms with Crippen LogP contribution >= 0.6 is 0 Å². The highest BCUT2D eigenvalue weighted by Crippen LogP contribution is 2.22. The molecule has 3 atom stereocenters. The molecule has 0 aromatic heterocycles. The molecule has 3 heteroatoms. The summed E-state index contributed by atoms with van der Waals surface area (Å²) >= 11 is 0. The molecule has 1 aliphatic heterocycles. The van der Waals surface area contributed by atoms with Crippen molar-refractivity contribution in [2.45, 2.75) is 78.4 Å². The van der Waals surface area contributed by atoms with Gasteiger partial charge in [-0.1, -0.05) is 53.4 Å². The van der Waals surface area contributed by atoms with Crippen LogP contribution in [0.3, 0.4) is 0 Å². The van der Waals surface area contributed by atoms with Gasteiger partial charge < -0.3 is 10.1 Å². The van der Waals surface area contributed by atoms with E-state index in [1.807, 2.05) is 0 Å². The molecule has 0 aromatic rings. The number of morpholine rings is 1. The Morgan fingerprint density at radius 2 is 2.00 bits per heavy atom. The van der Waals surface area contributed by atoms with E-state index in [1.165, 1.54) is 45.1 Å². The number of rotatable bonds is 11. The molecular formula is C18H38N2O. The first-order valence-electron chi connectivity index (χ1n) is 9.32. The number of hydrogen-bond donors (Lipinski definition) is 1. The Morgan fingerprint density at radius 3 is 2.62 bits per heavy atom. The van der Waals surface area contributed by atoms with Crippen molar-refractivity contribution in [1.82, 2.24) is 10.2 Å². The fourth-order valence-electron chi connectivity index (χ4n) is 3.46. The van der Waals surface area contributed by atoms with Gasteiger partial charge in [0.2, 0.25) is 0 Å². The number of likely N-dealkylation sites (N-methyl/N-ethyl adjacent to an activating group) is 1.